The Labute approximate surface area is 194 Å². The molecular weight excluding hydrogens is 446 g/mol. The van der Waals surface area contributed by atoms with Gasteiger partial charge in [-0.2, -0.15) is 0 Å². The number of carbonyl (C=O) groups excluding carboxylic acids is 3. The van der Waals surface area contributed by atoms with Crippen LogP contribution in [0.25, 0.3) is 10.8 Å². The fourth-order valence-corrected chi connectivity index (χ4v) is 3.53. The number of hydrogen-bond donors (Lipinski definition) is 0. The summed E-state index contributed by atoms with van der Waals surface area (Å²) >= 11 is 0. The number of nitrogens with zero attached hydrogens (tertiary/aromatic N) is 1. The number of methoxy groups -OCH3 is 3. The zero-order valence-electron chi connectivity index (χ0n) is 18.6. The Morgan fingerprint density at radius 3 is 2.03 bits per heavy atom. The fraction of sp³-hybridized carbons (Fsp3) is 0.208. The summed E-state index contributed by atoms with van der Waals surface area (Å²) in [6.45, 7) is -0.163. The first-order chi connectivity index (χ1) is 16.3. The maximum atomic E-state index is 13.1. The number of esters is 3. The van der Waals surface area contributed by atoms with E-state index in [-0.39, 0.29) is 34.2 Å². The Morgan fingerprint density at radius 1 is 0.912 bits per heavy atom. The molecule has 10 heteroatoms. The van der Waals surface area contributed by atoms with Crippen molar-refractivity contribution in [3.8, 4) is 5.75 Å². The van der Waals surface area contributed by atoms with E-state index in [0.29, 0.717) is 11.3 Å². The van der Waals surface area contributed by atoms with Crippen molar-refractivity contribution in [1.29, 1.82) is 0 Å². The Hall–Kier alpha value is -4.47. The monoisotopic (exact) mass is 467 g/mol. The fourth-order valence-electron chi connectivity index (χ4n) is 3.53. The van der Waals surface area contributed by atoms with Gasteiger partial charge in [-0.1, -0.05) is 30.3 Å². The number of hydrogen-bond acceptors (Lipinski definition) is 9. The molecule has 0 aromatic heterocycles. The van der Waals surface area contributed by atoms with Crippen LogP contribution in [0.3, 0.4) is 0 Å². The molecule has 176 valence electrons. The zero-order valence-corrected chi connectivity index (χ0v) is 18.6. The van der Waals surface area contributed by atoms with Gasteiger partial charge >= 0.3 is 17.9 Å². The summed E-state index contributed by atoms with van der Waals surface area (Å²) in [5, 5.41) is 12.0. The number of rotatable bonds is 8. The molecule has 0 atom stereocenters. The maximum absolute atomic E-state index is 13.1. The number of ether oxygens (including phenoxy) is 4. The summed E-state index contributed by atoms with van der Waals surface area (Å²) in [5.41, 5.74) is -0.174. The second-order valence-corrected chi connectivity index (χ2v) is 7.06. The van der Waals surface area contributed by atoms with Crippen molar-refractivity contribution < 1.29 is 38.3 Å². The highest BCUT2D eigenvalue weighted by atomic mass is 16.6. The third-order valence-electron chi connectivity index (χ3n) is 5.17. The number of nitro groups is 1. The van der Waals surface area contributed by atoms with Crippen LogP contribution in [-0.2, 0) is 30.4 Å². The largest absolute Gasteiger partial charge is 0.497 e. The Kier molecular flexibility index (Phi) is 7.42. The summed E-state index contributed by atoms with van der Waals surface area (Å²) < 4.78 is 20.0. The predicted octanol–water partition coefficient (Wildman–Crippen LogP) is 3.54. The molecule has 0 radical (unpaired) electrons. The highest BCUT2D eigenvalue weighted by Crippen LogP contribution is 2.37. The van der Waals surface area contributed by atoms with Crippen LogP contribution < -0.4 is 4.74 Å². The second kappa shape index (κ2) is 10.4. The zero-order chi connectivity index (χ0) is 24.8. The molecule has 0 heterocycles. The van der Waals surface area contributed by atoms with E-state index in [0.717, 1.165) is 20.3 Å². The first-order valence-corrected chi connectivity index (χ1v) is 9.98. The van der Waals surface area contributed by atoms with Crippen molar-refractivity contribution in [3.63, 3.8) is 0 Å². The number of benzene rings is 3. The molecule has 34 heavy (non-hydrogen) atoms. The first kappa shape index (κ1) is 24.2. The lowest BCUT2D eigenvalue weighted by Gasteiger charge is -2.19. The number of fused-ring (bicyclic) bond motifs is 1. The SMILES string of the molecule is COC(=O)C(C(=O)OC)c1c(C(=O)OCc2ccc(OC)cc2)cc([N+](=O)[O-])c2ccccc12. The topological polar surface area (TPSA) is 131 Å². The van der Waals surface area contributed by atoms with E-state index < -0.39 is 28.7 Å². The van der Waals surface area contributed by atoms with Crippen molar-refractivity contribution in [1.82, 2.24) is 0 Å². The summed E-state index contributed by atoms with van der Waals surface area (Å²) in [6, 6.07) is 13.8. The molecule has 0 aliphatic rings. The van der Waals surface area contributed by atoms with Crippen molar-refractivity contribution in [2.24, 2.45) is 0 Å². The molecule has 3 rings (SSSR count). The number of non-ortho nitro benzene ring substituents is 1. The van der Waals surface area contributed by atoms with Gasteiger partial charge in [-0.15, -0.1) is 0 Å². The standard InChI is InChI=1S/C24H21NO9/c1-31-15-10-8-14(9-11-15)13-34-22(26)18-12-19(25(29)30)16-6-4-5-7-17(16)20(18)21(23(27)32-2)24(28)33-3/h4-12,21H,13H2,1-3H3. The number of carbonyl (C=O) groups is 3. The van der Waals surface area contributed by atoms with Crippen LogP contribution in [0.4, 0.5) is 5.69 Å². The quantitative estimate of drug-likeness (QED) is 0.160. The third kappa shape index (κ3) is 4.80. The van der Waals surface area contributed by atoms with Crippen molar-refractivity contribution in [2.45, 2.75) is 12.5 Å². The van der Waals surface area contributed by atoms with Crippen molar-refractivity contribution in [2.75, 3.05) is 21.3 Å². The van der Waals surface area contributed by atoms with Crippen LogP contribution in [0.15, 0.2) is 54.6 Å². The molecule has 0 N–H and O–H groups in total. The van der Waals surface area contributed by atoms with Gasteiger partial charge in [-0.25, -0.2) is 4.79 Å². The summed E-state index contributed by atoms with van der Waals surface area (Å²) in [7, 11) is 3.67. The third-order valence-corrected chi connectivity index (χ3v) is 5.17. The van der Waals surface area contributed by atoms with Crippen LogP contribution in [0.5, 0.6) is 5.75 Å². The predicted molar refractivity (Wildman–Crippen MR) is 119 cm³/mol. The molecule has 0 aliphatic carbocycles. The smallest absolute Gasteiger partial charge is 0.339 e. The van der Waals surface area contributed by atoms with Crippen LogP contribution in [0, 0.1) is 10.1 Å². The molecule has 0 spiro atoms. The minimum absolute atomic E-state index is 0.0976. The summed E-state index contributed by atoms with van der Waals surface area (Å²) in [4.78, 5) is 49.4. The van der Waals surface area contributed by atoms with Gasteiger partial charge < -0.3 is 18.9 Å². The molecule has 0 saturated carbocycles. The lowest BCUT2D eigenvalue weighted by molar-refractivity contribution is -0.383. The van der Waals surface area contributed by atoms with Gasteiger partial charge in [-0.3, -0.25) is 19.7 Å². The van der Waals surface area contributed by atoms with Gasteiger partial charge in [0.2, 0.25) is 0 Å². The van der Waals surface area contributed by atoms with E-state index in [9.17, 15) is 24.5 Å². The van der Waals surface area contributed by atoms with Crippen LogP contribution in [0.1, 0.15) is 27.4 Å². The lowest BCUT2D eigenvalue weighted by atomic mass is 9.88. The molecule has 0 bridgehead atoms. The lowest BCUT2D eigenvalue weighted by Crippen LogP contribution is -2.27. The normalized spacial score (nSPS) is 10.6. The first-order valence-electron chi connectivity index (χ1n) is 9.98. The van der Waals surface area contributed by atoms with E-state index in [2.05, 4.69) is 0 Å². The second-order valence-electron chi connectivity index (χ2n) is 7.06. The summed E-state index contributed by atoms with van der Waals surface area (Å²) in [5.74, 6) is -3.99. The van der Waals surface area contributed by atoms with E-state index in [4.69, 9.17) is 18.9 Å². The molecule has 3 aromatic rings. The molecule has 0 saturated heterocycles. The Balaban J connectivity index is 2.16. The maximum Gasteiger partial charge on any atom is 0.339 e. The summed E-state index contributed by atoms with van der Waals surface area (Å²) in [6.07, 6.45) is 0. The average Bonchev–Trinajstić information content (AvgIpc) is 2.86. The average molecular weight is 467 g/mol. The van der Waals surface area contributed by atoms with Crippen molar-refractivity contribution >= 4 is 34.4 Å². The molecule has 0 fully saturated rings. The molecule has 0 unspecified atom stereocenters. The Morgan fingerprint density at radius 2 is 1.50 bits per heavy atom. The highest BCUT2D eigenvalue weighted by Gasteiger charge is 2.37. The van der Waals surface area contributed by atoms with E-state index in [1.807, 2.05) is 0 Å². The molecule has 3 aromatic carbocycles. The van der Waals surface area contributed by atoms with E-state index in [1.165, 1.54) is 19.2 Å². The van der Waals surface area contributed by atoms with E-state index in [1.54, 1.807) is 36.4 Å². The number of nitro benzene ring substituents is 1. The van der Waals surface area contributed by atoms with Gasteiger partial charge in [0, 0.05) is 11.6 Å². The van der Waals surface area contributed by atoms with Gasteiger partial charge in [-0.05, 0) is 29.1 Å². The minimum atomic E-state index is -1.66. The van der Waals surface area contributed by atoms with E-state index >= 15 is 0 Å². The molecular formula is C24H21NO9. The highest BCUT2D eigenvalue weighted by molar-refractivity contribution is 6.11. The van der Waals surface area contributed by atoms with Crippen molar-refractivity contribution in [3.05, 3.63) is 81.4 Å². The van der Waals surface area contributed by atoms with Gasteiger partial charge in [0.05, 0.1) is 37.2 Å². The van der Waals surface area contributed by atoms with Gasteiger partial charge in [0.1, 0.15) is 12.4 Å². The van der Waals surface area contributed by atoms with Crippen LogP contribution >= 0.6 is 0 Å². The molecule has 0 aliphatic heterocycles. The van der Waals surface area contributed by atoms with Gasteiger partial charge in [0.15, 0.2) is 5.92 Å². The van der Waals surface area contributed by atoms with Crippen LogP contribution in [0.2, 0.25) is 0 Å². The van der Waals surface area contributed by atoms with Gasteiger partial charge in [0.25, 0.3) is 5.69 Å². The van der Waals surface area contributed by atoms with Crippen LogP contribution in [-0.4, -0.2) is 44.2 Å². The Bertz CT molecular complexity index is 1240. The minimum Gasteiger partial charge on any atom is -0.497 e. The molecule has 10 nitrogen and oxygen atoms in total. The molecule has 0 amide bonds.